The van der Waals surface area contributed by atoms with E-state index in [2.05, 4.69) is 10.1 Å². The number of sulfonamides is 1. The fraction of sp³-hybridized carbons (Fsp3) is 0.500. The molecular formula is C16H24N3O5S+. The number of esters is 1. The van der Waals surface area contributed by atoms with Crippen molar-refractivity contribution in [3.63, 3.8) is 0 Å². The van der Waals surface area contributed by atoms with E-state index in [1.165, 1.54) is 11.4 Å². The van der Waals surface area contributed by atoms with Crippen molar-refractivity contribution in [2.75, 3.05) is 46.4 Å². The van der Waals surface area contributed by atoms with Gasteiger partial charge in [0.15, 0.2) is 6.54 Å². The van der Waals surface area contributed by atoms with Gasteiger partial charge in [0.25, 0.3) is 5.91 Å². The third-order valence-electron chi connectivity index (χ3n) is 4.08. The van der Waals surface area contributed by atoms with Gasteiger partial charge in [0, 0.05) is 0 Å². The molecule has 2 N–H and O–H groups in total. The van der Waals surface area contributed by atoms with Crippen LogP contribution in [0, 0.1) is 0 Å². The van der Waals surface area contributed by atoms with Crippen molar-refractivity contribution in [2.45, 2.75) is 5.75 Å². The number of methoxy groups -OCH3 is 1. The summed E-state index contributed by atoms with van der Waals surface area (Å²) >= 11 is 0. The fourth-order valence-corrected chi connectivity index (χ4v) is 4.20. The molecule has 0 aromatic heterocycles. The number of quaternary nitrogens is 1. The maximum Gasteiger partial charge on any atom is 0.325 e. The summed E-state index contributed by atoms with van der Waals surface area (Å²) in [6, 6.07) is 9.08. The normalized spacial score (nSPS) is 16.4. The Hall–Kier alpha value is -1.97. The average Bonchev–Trinajstić information content (AvgIpc) is 2.60. The Kier molecular flexibility index (Phi) is 6.91. The topological polar surface area (TPSA) is 97.2 Å². The van der Waals surface area contributed by atoms with Crippen LogP contribution in [0.4, 0.5) is 0 Å². The zero-order valence-electron chi connectivity index (χ0n) is 14.2. The molecule has 2 rings (SSSR count). The van der Waals surface area contributed by atoms with Gasteiger partial charge in [0.2, 0.25) is 10.0 Å². The molecule has 1 fully saturated rings. The second-order valence-corrected chi connectivity index (χ2v) is 7.89. The number of rotatable bonds is 7. The zero-order chi connectivity index (χ0) is 18.3. The average molecular weight is 370 g/mol. The molecule has 0 atom stereocenters. The van der Waals surface area contributed by atoms with Crippen LogP contribution in [0.25, 0.3) is 0 Å². The largest absolute Gasteiger partial charge is 0.468 e. The van der Waals surface area contributed by atoms with Crippen LogP contribution in [0.1, 0.15) is 5.56 Å². The maximum absolute atomic E-state index is 12.5. The number of nitrogens with one attached hydrogen (secondary N) is 2. The highest BCUT2D eigenvalue weighted by molar-refractivity contribution is 7.88. The Balaban J connectivity index is 1.79. The molecule has 1 aliphatic rings. The highest BCUT2D eigenvalue weighted by Gasteiger charge is 2.30. The van der Waals surface area contributed by atoms with E-state index in [1.807, 2.05) is 18.2 Å². The Morgan fingerprint density at radius 1 is 1.20 bits per heavy atom. The summed E-state index contributed by atoms with van der Waals surface area (Å²) in [5, 5.41) is 2.49. The molecule has 0 aliphatic carbocycles. The van der Waals surface area contributed by atoms with E-state index in [0.29, 0.717) is 26.2 Å². The molecule has 0 bridgehead atoms. The number of carbonyl (C=O) groups excluding carboxylic acids is 2. The Morgan fingerprint density at radius 3 is 2.44 bits per heavy atom. The minimum absolute atomic E-state index is 0.0111. The van der Waals surface area contributed by atoms with Crippen molar-refractivity contribution in [3.05, 3.63) is 35.9 Å². The van der Waals surface area contributed by atoms with Crippen molar-refractivity contribution >= 4 is 21.9 Å². The predicted molar refractivity (Wildman–Crippen MR) is 91.2 cm³/mol. The van der Waals surface area contributed by atoms with Crippen LogP contribution in [0.2, 0.25) is 0 Å². The van der Waals surface area contributed by atoms with Crippen LogP contribution in [0.3, 0.4) is 0 Å². The lowest BCUT2D eigenvalue weighted by atomic mass is 10.2. The standard InChI is InChI=1S/C16H23N3O5S/c1-24-16(21)11-17-15(20)12-18-7-9-19(10-8-18)25(22,23)13-14-5-3-2-4-6-14/h2-6H,7-13H2,1H3,(H,17,20)/p+1. The Morgan fingerprint density at radius 2 is 1.84 bits per heavy atom. The van der Waals surface area contributed by atoms with Crippen molar-refractivity contribution in [3.8, 4) is 0 Å². The van der Waals surface area contributed by atoms with Gasteiger partial charge < -0.3 is 15.0 Å². The van der Waals surface area contributed by atoms with Crippen LogP contribution >= 0.6 is 0 Å². The third kappa shape index (κ3) is 6.11. The van der Waals surface area contributed by atoms with Crippen molar-refractivity contribution in [2.24, 2.45) is 0 Å². The van der Waals surface area contributed by atoms with Gasteiger partial charge in [-0.05, 0) is 5.56 Å². The maximum atomic E-state index is 12.5. The first kappa shape index (κ1) is 19.4. The number of amides is 1. The smallest absolute Gasteiger partial charge is 0.325 e. The second-order valence-electron chi connectivity index (χ2n) is 5.92. The molecule has 1 aromatic rings. The van der Waals surface area contributed by atoms with Gasteiger partial charge in [-0.2, -0.15) is 4.31 Å². The van der Waals surface area contributed by atoms with Crippen LogP contribution < -0.4 is 10.2 Å². The number of piperazine rings is 1. The minimum atomic E-state index is -3.35. The van der Waals surface area contributed by atoms with E-state index in [9.17, 15) is 18.0 Å². The molecule has 0 spiro atoms. The summed E-state index contributed by atoms with van der Waals surface area (Å²) in [5.41, 5.74) is 0.763. The molecule has 25 heavy (non-hydrogen) atoms. The van der Waals surface area contributed by atoms with E-state index in [-0.39, 0.29) is 24.7 Å². The molecule has 1 aliphatic heterocycles. The Labute approximate surface area is 147 Å². The molecule has 1 saturated heterocycles. The first-order valence-electron chi connectivity index (χ1n) is 8.09. The number of ether oxygens (including phenoxy) is 1. The minimum Gasteiger partial charge on any atom is -0.468 e. The highest BCUT2D eigenvalue weighted by atomic mass is 32.2. The number of hydrogen-bond acceptors (Lipinski definition) is 5. The summed E-state index contributed by atoms with van der Waals surface area (Å²) < 4.78 is 30.9. The van der Waals surface area contributed by atoms with Crippen molar-refractivity contribution in [1.82, 2.24) is 9.62 Å². The number of carbonyl (C=O) groups is 2. The van der Waals surface area contributed by atoms with E-state index in [1.54, 1.807) is 12.1 Å². The first-order chi connectivity index (χ1) is 11.9. The van der Waals surface area contributed by atoms with Crippen LogP contribution in [0.5, 0.6) is 0 Å². The van der Waals surface area contributed by atoms with Gasteiger partial charge in [-0.1, -0.05) is 30.3 Å². The lowest BCUT2D eigenvalue weighted by Gasteiger charge is -2.31. The van der Waals surface area contributed by atoms with Gasteiger partial charge >= 0.3 is 5.97 Å². The van der Waals surface area contributed by atoms with Crippen LogP contribution in [-0.4, -0.2) is 71.0 Å². The molecule has 0 unspecified atom stereocenters. The van der Waals surface area contributed by atoms with E-state index < -0.39 is 16.0 Å². The third-order valence-corrected chi connectivity index (χ3v) is 5.93. The van der Waals surface area contributed by atoms with Gasteiger partial charge in [-0.25, -0.2) is 8.42 Å². The summed E-state index contributed by atoms with van der Waals surface area (Å²) in [7, 11) is -2.10. The predicted octanol–water partition coefficient (Wildman–Crippen LogP) is -1.99. The van der Waals surface area contributed by atoms with Gasteiger partial charge in [-0.15, -0.1) is 0 Å². The lowest BCUT2D eigenvalue weighted by molar-refractivity contribution is -0.895. The molecule has 8 nitrogen and oxygen atoms in total. The fourth-order valence-electron chi connectivity index (χ4n) is 2.67. The summed E-state index contributed by atoms with van der Waals surface area (Å²) in [6.45, 7) is 1.94. The van der Waals surface area contributed by atoms with E-state index >= 15 is 0 Å². The first-order valence-corrected chi connectivity index (χ1v) is 9.70. The second kappa shape index (κ2) is 8.93. The van der Waals surface area contributed by atoms with E-state index in [0.717, 1.165) is 10.5 Å². The molecule has 138 valence electrons. The number of nitrogens with zero attached hydrogens (tertiary/aromatic N) is 1. The zero-order valence-corrected chi connectivity index (χ0v) is 15.0. The molecular weight excluding hydrogens is 346 g/mol. The molecule has 0 radical (unpaired) electrons. The van der Waals surface area contributed by atoms with Crippen molar-refractivity contribution in [1.29, 1.82) is 0 Å². The summed E-state index contributed by atoms with van der Waals surface area (Å²) in [5.74, 6) is -0.760. The Bertz CT molecular complexity index is 685. The number of hydrogen-bond donors (Lipinski definition) is 2. The molecule has 1 amide bonds. The van der Waals surface area contributed by atoms with E-state index in [4.69, 9.17) is 0 Å². The lowest BCUT2D eigenvalue weighted by Crippen LogP contribution is -3.15. The molecule has 9 heteroatoms. The van der Waals surface area contributed by atoms with Crippen molar-refractivity contribution < 1.29 is 27.6 Å². The molecule has 0 saturated carbocycles. The SMILES string of the molecule is COC(=O)CNC(=O)C[NH+]1CCN(S(=O)(=O)Cc2ccccc2)CC1. The van der Waals surface area contributed by atoms with Gasteiger partial charge in [0.05, 0.1) is 39.0 Å². The van der Waals surface area contributed by atoms with Crippen LogP contribution in [0.15, 0.2) is 30.3 Å². The van der Waals surface area contributed by atoms with Crippen LogP contribution in [-0.2, 0) is 30.1 Å². The summed E-state index contributed by atoms with van der Waals surface area (Å²) in [4.78, 5) is 23.8. The monoisotopic (exact) mass is 370 g/mol. The molecule has 1 aromatic carbocycles. The van der Waals surface area contributed by atoms with Gasteiger partial charge in [0.1, 0.15) is 6.54 Å². The highest BCUT2D eigenvalue weighted by Crippen LogP contribution is 2.10. The van der Waals surface area contributed by atoms with Gasteiger partial charge in [-0.3, -0.25) is 9.59 Å². The summed E-state index contributed by atoms with van der Waals surface area (Å²) in [6.07, 6.45) is 0. The number of benzene rings is 1. The molecule has 1 heterocycles. The quantitative estimate of drug-likeness (QED) is 0.542.